The number of hydrogen-bond donors (Lipinski definition) is 2. The highest BCUT2D eigenvalue weighted by Gasteiger charge is 2.18. The van der Waals surface area contributed by atoms with Crippen molar-refractivity contribution in [2.24, 2.45) is 7.05 Å². The Labute approximate surface area is 178 Å². The van der Waals surface area contributed by atoms with Gasteiger partial charge in [0, 0.05) is 12.6 Å². The molecule has 0 aliphatic carbocycles. The fraction of sp³-hybridized carbons (Fsp3) is 0.0909. The number of hydrogen-bond acceptors (Lipinski definition) is 4. The number of carbonyl (C=O) groups excluding carboxylic acids is 1. The quantitative estimate of drug-likeness (QED) is 0.482. The molecule has 158 valence electrons. The summed E-state index contributed by atoms with van der Waals surface area (Å²) in [6.45, 7) is 0.175. The summed E-state index contributed by atoms with van der Waals surface area (Å²) in [5, 5.41) is 2.76. The predicted octanol–water partition coefficient (Wildman–Crippen LogP) is 3.44. The standard InChI is InChI=1S/C22H19FN4O3S/c1-27-20-12-5-4-11-19(20)25-21(27)14-24-22(28)15-7-6-8-16(13-15)31(29,30)26-18-10-3-2-9-17(18)23/h2-13,26H,14H2,1H3,(H,24,28). The molecule has 4 aromatic rings. The number of anilines is 1. The third-order valence-electron chi connectivity index (χ3n) is 4.81. The maximum absolute atomic E-state index is 13.8. The fourth-order valence-corrected chi connectivity index (χ4v) is 4.28. The number of halogens is 1. The molecule has 0 fully saturated rings. The number of rotatable bonds is 6. The summed E-state index contributed by atoms with van der Waals surface area (Å²) < 4.78 is 43.2. The van der Waals surface area contributed by atoms with Gasteiger partial charge in [0.1, 0.15) is 11.6 Å². The zero-order valence-corrected chi connectivity index (χ0v) is 17.4. The first-order valence-corrected chi connectivity index (χ1v) is 10.9. The molecule has 7 nitrogen and oxygen atoms in total. The Balaban J connectivity index is 1.51. The van der Waals surface area contributed by atoms with Crippen LogP contribution in [0.15, 0.2) is 77.7 Å². The molecule has 0 spiro atoms. The van der Waals surface area contributed by atoms with Crippen LogP contribution < -0.4 is 10.0 Å². The van der Waals surface area contributed by atoms with Crippen LogP contribution in [0.5, 0.6) is 0 Å². The maximum Gasteiger partial charge on any atom is 0.262 e. The number of nitrogens with zero attached hydrogens (tertiary/aromatic N) is 2. The van der Waals surface area contributed by atoms with Crippen molar-refractivity contribution in [3.8, 4) is 0 Å². The van der Waals surface area contributed by atoms with Gasteiger partial charge in [-0.15, -0.1) is 0 Å². The Morgan fingerprint density at radius 2 is 1.77 bits per heavy atom. The number of benzene rings is 3. The topological polar surface area (TPSA) is 93.1 Å². The zero-order chi connectivity index (χ0) is 22.0. The van der Waals surface area contributed by atoms with E-state index in [-0.39, 0.29) is 22.7 Å². The Morgan fingerprint density at radius 3 is 2.55 bits per heavy atom. The number of nitrogens with one attached hydrogen (secondary N) is 2. The van der Waals surface area contributed by atoms with E-state index < -0.39 is 21.7 Å². The Hall–Kier alpha value is -3.72. The first-order valence-electron chi connectivity index (χ1n) is 9.41. The van der Waals surface area contributed by atoms with Crippen molar-refractivity contribution in [1.29, 1.82) is 0 Å². The minimum absolute atomic E-state index is 0.147. The number of carbonyl (C=O) groups is 1. The van der Waals surface area contributed by atoms with Gasteiger partial charge in [0.05, 0.1) is 28.2 Å². The van der Waals surface area contributed by atoms with Crippen LogP contribution in [0, 0.1) is 5.82 Å². The number of aryl methyl sites for hydroxylation is 1. The highest BCUT2D eigenvalue weighted by Crippen LogP contribution is 2.20. The van der Waals surface area contributed by atoms with E-state index in [4.69, 9.17) is 0 Å². The molecule has 1 aromatic heterocycles. The Bertz CT molecular complexity index is 1380. The smallest absolute Gasteiger partial charge is 0.262 e. The second-order valence-corrected chi connectivity index (χ2v) is 8.55. The second-order valence-electron chi connectivity index (χ2n) is 6.87. The van der Waals surface area contributed by atoms with Crippen molar-refractivity contribution in [3.63, 3.8) is 0 Å². The van der Waals surface area contributed by atoms with Gasteiger partial charge in [-0.1, -0.05) is 30.3 Å². The molecule has 0 aliphatic heterocycles. The van der Waals surface area contributed by atoms with Gasteiger partial charge in [-0.3, -0.25) is 9.52 Å². The number of sulfonamides is 1. The molecule has 0 saturated carbocycles. The summed E-state index contributed by atoms with van der Waals surface area (Å²) in [5.74, 6) is -0.475. The molecule has 3 aromatic carbocycles. The van der Waals surface area contributed by atoms with Crippen LogP contribution in [-0.4, -0.2) is 23.9 Å². The van der Waals surface area contributed by atoms with Crippen LogP contribution in [0.3, 0.4) is 0 Å². The van der Waals surface area contributed by atoms with Crippen LogP contribution in [0.1, 0.15) is 16.2 Å². The summed E-state index contributed by atoms with van der Waals surface area (Å²) in [6.07, 6.45) is 0. The second kappa shape index (κ2) is 8.19. The molecule has 1 heterocycles. The largest absolute Gasteiger partial charge is 0.345 e. The molecular formula is C22H19FN4O3S. The molecule has 1 amide bonds. The average Bonchev–Trinajstić information content (AvgIpc) is 3.09. The van der Waals surface area contributed by atoms with E-state index >= 15 is 0 Å². The molecule has 0 unspecified atom stereocenters. The molecule has 31 heavy (non-hydrogen) atoms. The number of fused-ring (bicyclic) bond motifs is 1. The van der Waals surface area contributed by atoms with E-state index in [1.807, 2.05) is 35.9 Å². The number of amides is 1. The van der Waals surface area contributed by atoms with Gasteiger partial charge in [0.15, 0.2) is 0 Å². The minimum atomic E-state index is -4.07. The van der Waals surface area contributed by atoms with Gasteiger partial charge in [-0.05, 0) is 42.5 Å². The average molecular weight is 438 g/mol. The van der Waals surface area contributed by atoms with Crippen LogP contribution in [-0.2, 0) is 23.6 Å². The molecule has 0 bridgehead atoms. The van der Waals surface area contributed by atoms with Crippen molar-refractivity contribution < 1.29 is 17.6 Å². The molecule has 9 heteroatoms. The molecular weight excluding hydrogens is 419 g/mol. The predicted molar refractivity (Wildman–Crippen MR) is 116 cm³/mol. The molecule has 0 aliphatic rings. The molecule has 0 saturated heterocycles. The first-order chi connectivity index (χ1) is 14.8. The van der Waals surface area contributed by atoms with E-state index in [0.29, 0.717) is 5.82 Å². The van der Waals surface area contributed by atoms with E-state index in [1.54, 1.807) is 0 Å². The lowest BCUT2D eigenvalue weighted by atomic mass is 10.2. The number of para-hydroxylation sites is 3. The van der Waals surface area contributed by atoms with Crippen molar-refractivity contribution in [2.75, 3.05) is 4.72 Å². The van der Waals surface area contributed by atoms with E-state index in [1.165, 1.54) is 42.5 Å². The van der Waals surface area contributed by atoms with Crippen LogP contribution in [0.2, 0.25) is 0 Å². The van der Waals surface area contributed by atoms with Gasteiger partial charge in [0.2, 0.25) is 0 Å². The first kappa shape index (κ1) is 20.5. The summed E-state index contributed by atoms with van der Waals surface area (Å²) in [7, 11) is -2.21. The monoisotopic (exact) mass is 438 g/mol. The van der Waals surface area contributed by atoms with E-state index in [0.717, 1.165) is 17.1 Å². The maximum atomic E-state index is 13.8. The summed E-state index contributed by atoms with van der Waals surface area (Å²) in [4.78, 5) is 17.0. The summed E-state index contributed by atoms with van der Waals surface area (Å²) >= 11 is 0. The van der Waals surface area contributed by atoms with Gasteiger partial charge in [0.25, 0.3) is 15.9 Å². The molecule has 2 N–H and O–H groups in total. The summed E-state index contributed by atoms with van der Waals surface area (Å²) in [5.41, 5.74) is 1.76. The zero-order valence-electron chi connectivity index (χ0n) is 16.5. The van der Waals surface area contributed by atoms with Crippen LogP contribution in [0.25, 0.3) is 11.0 Å². The fourth-order valence-electron chi connectivity index (χ4n) is 3.17. The lowest BCUT2D eigenvalue weighted by molar-refractivity contribution is 0.0949. The SMILES string of the molecule is Cn1c(CNC(=O)c2cccc(S(=O)(=O)Nc3ccccc3F)c2)nc2ccccc21. The number of imidazole rings is 1. The Kier molecular flexibility index (Phi) is 5.43. The molecule has 0 radical (unpaired) electrons. The van der Waals surface area contributed by atoms with Crippen molar-refractivity contribution in [1.82, 2.24) is 14.9 Å². The highest BCUT2D eigenvalue weighted by atomic mass is 32.2. The lowest BCUT2D eigenvalue weighted by Gasteiger charge is -2.10. The summed E-state index contributed by atoms with van der Waals surface area (Å²) in [6, 6.07) is 18.6. The number of aromatic nitrogens is 2. The Morgan fingerprint density at radius 1 is 1.03 bits per heavy atom. The molecule has 0 atom stereocenters. The van der Waals surface area contributed by atoms with Crippen molar-refractivity contribution in [2.45, 2.75) is 11.4 Å². The lowest BCUT2D eigenvalue weighted by Crippen LogP contribution is -2.25. The van der Waals surface area contributed by atoms with Gasteiger partial charge >= 0.3 is 0 Å². The van der Waals surface area contributed by atoms with Gasteiger partial charge in [-0.25, -0.2) is 17.8 Å². The van der Waals surface area contributed by atoms with Crippen LogP contribution >= 0.6 is 0 Å². The van der Waals surface area contributed by atoms with Gasteiger partial charge in [-0.2, -0.15) is 0 Å². The van der Waals surface area contributed by atoms with Crippen molar-refractivity contribution >= 4 is 32.7 Å². The highest BCUT2D eigenvalue weighted by molar-refractivity contribution is 7.92. The third kappa shape index (κ3) is 4.26. The van der Waals surface area contributed by atoms with E-state index in [9.17, 15) is 17.6 Å². The minimum Gasteiger partial charge on any atom is -0.345 e. The third-order valence-corrected chi connectivity index (χ3v) is 6.17. The normalized spacial score (nSPS) is 11.4. The van der Waals surface area contributed by atoms with Crippen molar-refractivity contribution in [3.05, 3.63) is 90.0 Å². The molecule has 4 rings (SSSR count). The van der Waals surface area contributed by atoms with Gasteiger partial charge < -0.3 is 9.88 Å². The van der Waals surface area contributed by atoms with Crippen LogP contribution in [0.4, 0.5) is 10.1 Å². The van der Waals surface area contributed by atoms with E-state index in [2.05, 4.69) is 15.0 Å².